The van der Waals surface area contributed by atoms with Crippen LogP contribution in [0.5, 0.6) is 0 Å². The molecule has 1 aliphatic rings. The van der Waals surface area contributed by atoms with Crippen molar-refractivity contribution in [1.29, 1.82) is 0 Å². The molecule has 0 bridgehead atoms. The third kappa shape index (κ3) is 5.02. The van der Waals surface area contributed by atoms with Crippen LogP contribution in [-0.4, -0.2) is 42.4 Å². The molecule has 2 nitrogen and oxygen atoms in total. The molecule has 1 aromatic rings. The molecular formula is C23H39BN2Sn. The number of rotatable bonds is 4. The Morgan fingerprint density at radius 1 is 1.04 bits per heavy atom. The Morgan fingerprint density at radius 3 is 2.00 bits per heavy atom. The fourth-order valence-corrected chi connectivity index (χ4v) is 10.5. The minimum atomic E-state index is -2.41. The molecule has 0 N–H and O–H groups in total. The van der Waals surface area contributed by atoms with Gasteiger partial charge in [-0.25, -0.2) is 0 Å². The number of hydrogen-bond donors (Lipinski definition) is 0. The summed E-state index contributed by atoms with van der Waals surface area (Å²) in [5.41, 5.74) is 3.10. The van der Waals surface area contributed by atoms with Crippen LogP contribution in [0.15, 0.2) is 40.9 Å². The van der Waals surface area contributed by atoms with Crippen LogP contribution >= 0.6 is 0 Å². The second-order valence-electron chi connectivity index (χ2n) is 11.0. The number of nitrogens with zero attached hydrogens (tertiary/aromatic N) is 2. The average Bonchev–Trinajstić information content (AvgIpc) is 2.97. The second-order valence-corrected chi connectivity index (χ2v) is 25.3. The van der Waals surface area contributed by atoms with E-state index in [1.165, 1.54) is 11.3 Å². The fraction of sp³-hybridized carbons (Fsp3) is 0.609. The topological polar surface area (TPSA) is 15.6 Å². The van der Waals surface area contributed by atoms with Crippen LogP contribution in [0.4, 0.5) is 0 Å². The molecule has 0 aliphatic carbocycles. The van der Waals surface area contributed by atoms with Crippen molar-refractivity contribution >= 4 is 35.2 Å². The van der Waals surface area contributed by atoms with Crippen LogP contribution in [0, 0.1) is 5.41 Å². The van der Waals surface area contributed by atoms with Gasteiger partial charge in [-0.3, -0.25) is 0 Å². The molecule has 0 aromatic heterocycles. The van der Waals surface area contributed by atoms with Gasteiger partial charge in [0.25, 0.3) is 0 Å². The van der Waals surface area contributed by atoms with Crippen molar-refractivity contribution in [2.45, 2.75) is 81.1 Å². The van der Waals surface area contributed by atoms with E-state index < -0.39 is 18.4 Å². The molecule has 0 fully saturated rings. The second kappa shape index (κ2) is 7.96. The zero-order chi connectivity index (χ0) is 20.6. The molecule has 4 heteroatoms. The van der Waals surface area contributed by atoms with E-state index in [9.17, 15) is 0 Å². The Hall–Kier alpha value is -0.706. The molecule has 148 valence electrons. The van der Waals surface area contributed by atoms with Crippen molar-refractivity contribution in [3.05, 3.63) is 41.6 Å². The van der Waals surface area contributed by atoms with Crippen LogP contribution in [-0.2, 0) is 0 Å². The van der Waals surface area contributed by atoms with E-state index in [0.717, 1.165) is 6.42 Å². The Balaban J connectivity index is 2.76. The maximum absolute atomic E-state index is 5.05. The van der Waals surface area contributed by atoms with Crippen LogP contribution in [0.2, 0.25) is 20.1 Å². The average molecular weight is 473 g/mol. The van der Waals surface area contributed by atoms with Gasteiger partial charge in [-0.1, -0.05) is 0 Å². The number of allylic oxidation sites excluding steroid dienone is 1. The normalized spacial score (nSPS) is 19.6. The molecule has 27 heavy (non-hydrogen) atoms. The van der Waals surface area contributed by atoms with Crippen molar-refractivity contribution in [2.75, 3.05) is 0 Å². The summed E-state index contributed by atoms with van der Waals surface area (Å²) in [5, 5.41) is 0.103. The van der Waals surface area contributed by atoms with Gasteiger partial charge in [0.1, 0.15) is 0 Å². The van der Waals surface area contributed by atoms with Crippen molar-refractivity contribution in [1.82, 2.24) is 4.81 Å². The molecule has 0 saturated heterocycles. The Morgan fingerprint density at radius 2 is 1.59 bits per heavy atom. The van der Waals surface area contributed by atoms with Crippen molar-refractivity contribution < 1.29 is 0 Å². The standard InChI is InChI=1S/C20H30BN2.3CH3.Sn/c1-8-17(14-16-12-10-9-11-13-16)23-18(19(2,3)4)15-22-21(23)20(5,6)7;;;;/h9-13,15,18H,8H2,1-7H3;3*1H3;. The SMILES string of the molecule is CC/C(=[C](\c1ccccc1)[Sn]([CH3])([CH3])[CH3])N1B(C(C)(C)C)N=CC1C(C)(C)C. The fourth-order valence-electron chi connectivity index (χ4n) is 4.18. The summed E-state index contributed by atoms with van der Waals surface area (Å²) in [4.78, 5) is 15.4. The Kier molecular flexibility index (Phi) is 6.66. The zero-order valence-electron chi connectivity index (χ0n) is 19.2. The van der Waals surface area contributed by atoms with Gasteiger partial charge in [-0.05, 0) is 0 Å². The molecule has 0 amide bonds. The van der Waals surface area contributed by atoms with Crippen molar-refractivity contribution in [2.24, 2.45) is 10.3 Å². The van der Waals surface area contributed by atoms with Gasteiger partial charge in [0.05, 0.1) is 0 Å². The van der Waals surface area contributed by atoms with E-state index in [1.807, 2.05) is 0 Å². The molecule has 0 saturated carbocycles. The summed E-state index contributed by atoms with van der Waals surface area (Å²) in [6, 6.07) is 11.4. The van der Waals surface area contributed by atoms with Crippen molar-refractivity contribution in [3.8, 4) is 0 Å². The number of hydrogen-bond acceptors (Lipinski definition) is 2. The maximum atomic E-state index is 5.05. The zero-order valence-corrected chi connectivity index (χ0v) is 22.1. The first-order chi connectivity index (χ1) is 12.3. The van der Waals surface area contributed by atoms with Crippen molar-refractivity contribution in [3.63, 3.8) is 0 Å². The molecule has 1 aliphatic heterocycles. The summed E-state index contributed by atoms with van der Waals surface area (Å²) in [7, 11) is 0. The first kappa shape index (κ1) is 22.6. The summed E-state index contributed by atoms with van der Waals surface area (Å²) >= 11 is -2.41. The van der Waals surface area contributed by atoms with Gasteiger partial charge in [0.2, 0.25) is 0 Å². The molecule has 1 heterocycles. The van der Waals surface area contributed by atoms with E-state index >= 15 is 0 Å². The van der Waals surface area contributed by atoms with Gasteiger partial charge in [-0.2, -0.15) is 0 Å². The van der Waals surface area contributed by atoms with E-state index in [-0.39, 0.29) is 17.7 Å². The van der Waals surface area contributed by atoms with Gasteiger partial charge in [0.15, 0.2) is 0 Å². The van der Waals surface area contributed by atoms with E-state index in [2.05, 4.69) is 105 Å². The molecule has 1 aromatic carbocycles. The summed E-state index contributed by atoms with van der Waals surface area (Å²) in [6.45, 7) is 16.5. The van der Waals surface area contributed by atoms with E-state index in [0.29, 0.717) is 6.04 Å². The van der Waals surface area contributed by atoms with Crippen LogP contribution in [0.25, 0.3) is 3.59 Å². The first-order valence-electron chi connectivity index (χ1n) is 10.4. The van der Waals surface area contributed by atoms with Crippen LogP contribution in [0.1, 0.15) is 60.5 Å². The van der Waals surface area contributed by atoms with Gasteiger partial charge in [0, 0.05) is 0 Å². The molecule has 2 rings (SSSR count). The summed E-state index contributed by atoms with van der Waals surface area (Å²) < 4.78 is 1.65. The van der Waals surface area contributed by atoms with Gasteiger partial charge >= 0.3 is 173 Å². The number of benzene rings is 1. The molecular weight excluding hydrogens is 434 g/mol. The Bertz CT molecular complexity index is 679. The van der Waals surface area contributed by atoms with Crippen LogP contribution in [0.3, 0.4) is 0 Å². The monoisotopic (exact) mass is 474 g/mol. The predicted molar refractivity (Wildman–Crippen MR) is 126 cm³/mol. The summed E-state index contributed by atoms with van der Waals surface area (Å²) in [5.74, 6) is 0. The molecule has 1 unspecified atom stereocenters. The van der Waals surface area contributed by atoms with E-state index in [1.54, 1.807) is 3.59 Å². The molecule has 0 radical (unpaired) electrons. The van der Waals surface area contributed by atoms with Crippen LogP contribution < -0.4 is 0 Å². The molecule has 0 spiro atoms. The van der Waals surface area contributed by atoms with Gasteiger partial charge in [-0.15, -0.1) is 0 Å². The molecule has 1 atom stereocenters. The summed E-state index contributed by atoms with van der Waals surface area (Å²) in [6.07, 6.45) is 3.29. The van der Waals surface area contributed by atoms with Gasteiger partial charge < -0.3 is 0 Å². The van der Waals surface area contributed by atoms with E-state index in [4.69, 9.17) is 4.90 Å². The third-order valence-electron chi connectivity index (χ3n) is 5.34. The predicted octanol–water partition coefficient (Wildman–Crippen LogP) is 6.77. The first-order valence-corrected chi connectivity index (χ1v) is 20.4. The third-order valence-corrected chi connectivity index (χ3v) is 11.3. The quantitative estimate of drug-likeness (QED) is 0.441. The minimum absolute atomic E-state index is 0.103. The Labute approximate surface area is 172 Å².